The lowest BCUT2D eigenvalue weighted by Crippen LogP contribution is -2.28. The summed E-state index contributed by atoms with van der Waals surface area (Å²) in [6.07, 6.45) is -0.619. The van der Waals surface area contributed by atoms with Crippen molar-refractivity contribution in [1.29, 1.82) is 0 Å². The fraction of sp³-hybridized carbons (Fsp3) is 0.467. The zero-order valence-electron chi connectivity index (χ0n) is 11.5. The zero-order valence-corrected chi connectivity index (χ0v) is 11.5. The Labute approximate surface area is 112 Å². The first kappa shape index (κ1) is 15.3. The fourth-order valence-electron chi connectivity index (χ4n) is 1.92. The number of ketones is 1. The van der Waals surface area contributed by atoms with E-state index in [1.165, 1.54) is 0 Å². The van der Waals surface area contributed by atoms with E-state index >= 15 is 0 Å². The van der Waals surface area contributed by atoms with Crippen LogP contribution in [-0.2, 0) is 22.4 Å². The van der Waals surface area contributed by atoms with Gasteiger partial charge in [0.15, 0.2) is 0 Å². The molecule has 104 valence electrons. The Morgan fingerprint density at radius 3 is 2.32 bits per heavy atom. The molecule has 0 aromatic heterocycles. The number of carbonyl (C=O) groups excluding carboxylic acids is 2. The summed E-state index contributed by atoms with van der Waals surface area (Å²) in [5.41, 5.74) is 2.35. The Balaban J connectivity index is 2.97. The van der Waals surface area contributed by atoms with Crippen LogP contribution in [0.2, 0.25) is 0 Å². The lowest BCUT2D eigenvalue weighted by atomic mass is 9.97. The highest BCUT2D eigenvalue weighted by Crippen LogP contribution is 2.16. The molecule has 0 spiro atoms. The molecule has 0 aliphatic rings. The van der Waals surface area contributed by atoms with Gasteiger partial charge >= 0.3 is 5.97 Å². The molecular formula is C15H19FO3. The molecule has 0 aliphatic carbocycles. The Bertz CT molecular complexity index is 468. The predicted molar refractivity (Wildman–Crippen MR) is 71.1 cm³/mol. The Hall–Kier alpha value is -1.71. The van der Waals surface area contributed by atoms with Gasteiger partial charge in [-0.2, -0.15) is 0 Å². The maximum Gasteiger partial charge on any atom is 0.348 e. The van der Waals surface area contributed by atoms with E-state index in [9.17, 15) is 14.0 Å². The second-order valence-corrected chi connectivity index (χ2v) is 4.17. The van der Waals surface area contributed by atoms with Gasteiger partial charge in [-0.3, -0.25) is 4.79 Å². The summed E-state index contributed by atoms with van der Waals surface area (Å²) in [5.74, 6) is -1.96. The van der Waals surface area contributed by atoms with Gasteiger partial charge in [0, 0.05) is 5.56 Å². The van der Waals surface area contributed by atoms with Crippen LogP contribution in [0.1, 0.15) is 42.3 Å². The number of alkyl halides is 1. The minimum atomic E-state index is -2.24. The number of hydrogen-bond donors (Lipinski definition) is 0. The second kappa shape index (κ2) is 7.02. The summed E-state index contributed by atoms with van der Waals surface area (Å²) in [6.45, 7) is 5.62. The monoisotopic (exact) mass is 266 g/mol. The number of aryl methyl sites for hydroxylation is 2. The van der Waals surface area contributed by atoms with Gasteiger partial charge in [-0.1, -0.05) is 26.0 Å². The minimum Gasteiger partial charge on any atom is -0.463 e. The third kappa shape index (κ3) is 3.63. The first-order valence-corrected chi connectivity index (χ1v) is 6.51. The summed E-state index contributed by atoms with van der Waals surface area (Å²) in [6, 6.07) is 5.03. The molecule has 1 rings (SSSR count). The molecule has 1 aromatic carbocycles. The van der Waals surface area contributed by atoms with E-state index in [0.29, 0.717) is 0 Å². The van der Waals surface area contributed by atoms with Crippen molar-refractivity contribution in [2.24, 2.45) is 0 Å². The van der Waals surface area contributed by atoms with Crippen molar-refractivity contribution in [1.82, 2.24) is 0 Å². The molecule has 0 saturated carbocycles. The first-order chi connectivity index (χ1) is 9.04. The van der Waals surface area contributed by atoms with E-state index in [-0.39, 0.29) is 12.2 Å². The molecule has 19 heavy (non-hydrogen) atoms. The summed E-state index contributed by atoms with van der Waals surface area (Å²) >= 11 is 0. The summed E-state index contributed by atoms with van der Waals surface area (Å²) in [5, 5.41) is 0. The van der Waals surface area contributed by atoms with E-state index in [4.69, 9.17) is 0 Å². The highest BCUT2D eigenvalue weighted by atomic mass is 19.1. The van der Waals surface area contributed by atoms with E-state index in [1.54, 1.807) is 19.1 Å². The standard InChI is InChI=1S/C15H19FO3/c1-4-10-7-8-12(9-11(10)5-2)14(17)13(16)15(18)19-6-3/h7-9,13H,4-6H2,1-3H3. The SMILES string of the molecule is CCOC(=O)C(F)C(=O)c1ccc(CC)c(CC)c1. The average Bonchev–Trinajstić information content (AvgIpc) is 2.45. The van der Waals surface area contributed by atoms with Crippen molar-refractivity contribution in [2.75, 3.05) is 6.61 Å². The van der Waals surface area contributed by atoms with Gasteiger partial charge < -0.3 is 4.74 Å². The Morgan fingerprint density at radius 1 is 1.16 bits per heavy atom. The molecule has 1 aromatic rings. The van der Waals surface area contributed by atoms with Crippen LogP contribution in [0.4, 0.5) is 4.39 Å². The summed E-state index contributed by atoms with van der Waals surface area (Å²) in [7, 11) is 0. The molecule has 0 saturated heterocycles. The van der Waals surface area contributed by atoms with E-state index < -0.39 is 17.9 Å². The van der Waals surface area contributed by atoms with Crippen molar-refractivity contribution < 1.29 is 18.7 Å². The zero-order chi connectivity index (χ0) is 14.4. The maximum atomic E-state index is 13.7. The normalized spacial score (nSPS) is 12.0. The van der Waals surface area contributed by atoms with Crippen LogP contribution in [0.25, 0.3) is 0 Å². The molecule has 1 unspecified atom stereocenters. The molecule has 0 fully saturated rings. The van der Waals surface area contributed by atoms with Crippen molar-refractivity contribution in [3.05, 3.63) is 34.9 Å². The number of hydrogen-bond acceptors (Lipinski definition) is 3. The van der Waals surface area contributed by atoms with Crippen LogP contribution in [0, 0.1) is 0 Å². The molecule has 0 N–H and O–H groups in total. The number of Topliss-reactive ketones (excluding diaryl/α,β-unsaturated/α-hetero) is 1. The number of ether oxygens (including phenoxy) is 1. The van der Waals surface area contributed by atoms with Crippen LogP contribution in [0.3, 0.4) is 0 Å². The van der Waals surface area contributed by atoms with Gasteiger partial charge in [-0.05, 0) is 37.0 Å². The number of benzene rings is 1. The number of rotatable bonds is 6. The van der Waals surface area contributed by atoms with E-state index in [0.717, 1.165) is 24.0 Å². The molecule has 1 atom stereocenters. The molecule has 3 nitrogen and oxygen atoms in total. The van der Waals surface area contributed by atoms with Gasteiger partial charge in [0.2, 0.25) is 5.78 Å². The maximum absolute atomic E-state index is 13.7. The highest BCUT2D eigenvalue weighted by molar-refractivity contribution is 6.11. The molecule has 0 bridgehead atoms. The molecule has 0 radical (unpaired) electrons. The largest absolute Gasteiger partial charge is 0.463 e. The number of carbonyl (C=O) groups is 2. The topological polar surface area (TPSA) is 43.4 Å². The van der Waals surface area contributed by atoms with Gasteiger partial charge in [0.1, 0.15) is 0 Å². The molecule has 0 amide bonds. The van der Waals surface area contributed by atoms with Crippen LogP contribution in [0.15, 0.2) is 18.2 Å². The van der Waals surface area contributed by atoms with E-state index in [2.05, 4.69) is 4.74 Å². The Morgan fingerprint density at radius 2 is 1.79 bits per heavy atom. The number of esters is 1. The summed E-state index contributed by atoms with van der Waals surface area (Å²) < 4.78 is 18.2. The predicted octanol–water partition coefficient (Wildman–Crippen LogP) is 2.90. The van der Waals surface area contributed by atoms with Gasteiger partial charge in [-0.25, -0.2) is 9.18 Å². The van der Waals surface area contributed by atoms with Gasteiger partial charge in [-0.15, -0.1) is 0 Å². The first-order valence-electron chi connectivity index (χ1n) is 6.51. The van der Waals surface area contributed by atoms with Crippen molar-refractivity contribution in [2.45, 2.75) is 39.8 Å². The van der Waals surface area contributed by atoms with Gasteiger partial charge in [0.05, 0.1) is 6.61 Å². The lowest BCUT2D eigenvalue weighted by molar-refractivity contribution is -0.147. The van der Waals surface area contributed by atoms with Crippen LogP contribution < -0.4 is 0 Å². The Kier molecular flexibility index (Phi) is 5.67. The quantitative estimate of drug-likeness (QED) is 0.452. The smallest absolute Gasteiger partial charge is 0.348 e. The molecule has 0 heterocycles. The van der Waals surface area contributed by atoms with E-state index in [1.807, 2.05) is 19.9 Å². The average molecular weight is 266 g/mol. The van der Waals surface area contributed by atoms with Crippen LogP contribution >= 0.6 is 0 Å². The lowest BCUT2D eigenvalue weighted by Gasteiger charge is -2.10. The number of halogens is 1. The third-order valence-electron chi connectivity index (χ3n) is 2.98. The summed E-state index contributed by atoms with van der Waals surface area (Å²) in [4.78, 5) is 23.1. The van der Waals surface area contributed by atoms with Crippen LogP contribution in [-0.4, -0.2) is 24.5 Å². The van der Waals surface area contributed by atoms with Crippen molar-refractivity contribution >= 4 is 11.8 Å². The van der Waals surface area contributed by atoms with Crippen molar-refractivity contribution in [3.63, 3.8) is 0 Å². The highest BCUT2D eigenvalue weighted by Gasteiger charge is 2.28. The van der Waals surface area contributed by atoms with Crippen molar-refractivity contribution in [3.8, 4) is 0 Å². The molecule has 4 heteroatoms. The minimum absolute atomic E-state index is 0.0571. The fourth-order valence-corrected chi connectivity index (χ4v) is 1.92. The van der Waals surface area contributed by atoms with Gasteiger partial charge in [0.25, 0.3) is 6.17 Å². The second-order valence-electron chi connectivity index (χ2n) is 4.17. The molecule has 0 aliphatic heterocycles. The van der Waals surface area contributed by atoms with Crippen LogP contribution in [0.5, 0.6) is 0 Å². The third-order valence-corrected chi connectivity index (χ3v) is 2.98. The molecular weight excluding hydrogens is 247 g/mol.